The van der Waals surface area contributed by atoms with E-state index in [0.29, 0.717) is 17.4 Å². The largest absolute Gasteiger partial charge is 0.370 e. The van der Waals surface area contributed by atoms with Crippen LogP contribution in [-0.4, -0.2) is 45.4 Å². The van der Waals surface area contributed by atoms with Crippen molar-refractivity contribution in [3.05, 3.63) is 59.4 Å². The van der Waals surface area contributed by atoms with Crippen molar-refractivity contribution in [2.45, 2.75) is 26.2 Å². The number of carbonyl (C=O) groups is 1. The zero-order valence-corrected chi connectivity index (χ0v) is 18.2. The summed E-state index contributed by atoms with van der Waals surface area (Å²) in [5, 5.41) is 7.24. The van der Waals surface area contributed by atoms with Crippen LogP contribution in [0, 0.1) is 6.92 Å². The van der Waals surface area contributed by atoms with Crippen molar-refractivity contribution in [2.24, 2.45) is 0 Å². The van der Waals surface area contributed by atoms with Gasteiger partial charge in [-0.15, -0.1) is 0 Å². The number of anilines is 3. The molecule has 1 aliphatic heterocycles. The van der Waals surface area contributed by atoms with Crippen molar-refractivity contribution >= 4 is 35.0 Å². The quantitative estimate of drug-likeness (QED) is 0.499. The summed E-state index contributed by atoms with van der Waals surface area (Å²) in [4.78, 5) is 27.1. The average Bonchev–Trinajstić information content (AvgIpc) is 3.17. The molecule has 0 saturated carbocycles. The van der Waals surface area contributed by atoms with Gasteiger partial charge in [-0.25, -0.2) is 15.0 Å². The molecule has 0 atom stereocenters. The van der Waals surface area contributed by atoms with E-state index in [2.05, 4.69) is 25.6 Å². The van der Waals surface area contributed by atoms with Crippen LogP contribution in [0.1, 0.15) is 24.8 Å². The molecule has 2 aromatic heterocycles. The zero-order valence-electron chi connectivity index (χ0n) is 17.4. The van der Waals surface area contributed by atoms with Gasteiger partial charge >= 0.3 is 0 Å². The standard InChI is InChI=1S/C23H25ClN6O/c1-16-19(8-11-26-22(16)25-10-4-14-30-13-3-7-21(30)31)20-9-12-27-23(29-20)28-18-6-2-5-17(24)15-18/h2,5-6,8-9,11-12,15H,3-4,7,10,13-14H2,1H3,(H,25,26)(H,27,28,29). The minimum absolute atomic E-state index is 0.266. The highest BCUT2D eigenvalue weighted by Crippen LogP contribution is 2.27. The highest BCUT2D eigenvalue weighted by atomic mass is 35.5. The van der Waals surface area contributed by atoms with Crippen molar-refractivity contribution in [1.82, 2.24) is 19.9 Å². The van der Waals surface area contributed by atoms with Gasteiger partial charge in [0.05, 0.1) is 5.69 Å². The average molecular weight is 437 g/mol. The predicted molar refractivity (Wildman–Crippen MR) is 124 cm³/mol. The Morgan fingerprint density at radius 2 is 2.03 bits per heavy atom. The maximum Gasteiger partial charge on any atom is 0.227 e. The molecule has 4 rings (SSSR count). The third-order valence-corrected chi connectivity index (χ3v) is 5.52. The summed E-state index contributed by atoms with van der Waals surface area (Å²) in [5.74, 6) is 1.59. The van der Waals surface area contributed by atoms with Gasteiger partial charge in [0.25, 0.3) is 0 Å². The molecule has 0 radical (unpaired) electrons. The van der Waals surface area contributed by atoms with E-state index in [0.717, 1.165) is 60.8 Å². The maximum absolute atomic E-state index is 11.7. The number of hydrogen-bond donors (Lipinski definition) is 2. The Morgan fingerprint density at radius 3 is 2.84 bits per heavy atom. The summed E-state index contributed by atoms with van der Waals surface area (Å²) in [6, 6.07) is 11.3. The molecule has 2 N–H and O–H groups in total. The number of hydrogen-bond acceptors (Lipinski definition) is 6. The second-order valence-electron chi connectivity index (χ2n) is 7.50. The van der Waals surface area contributed by atoms with Gasteiger partial charge in [-0.2, -0.15) is 0 Å². The molecule has 1 amide bonds. The molecule has 3 heterocycles. The van der Waals surface area contributed by atoms with Crippen molar-refractivity contribution in [1.29, 1.82) is 0 Å². The number of rotatable bonds is 8. The third kappa shape index (κ3) is 5.30. The molecule has 8 heteroatoms. The first kappa shape index (κ1) is 21.1. The van der Waals surface area contributed by atoms with Gasteiger partial charge in [-0.1, -0.05) is 17.7 Å². The van der Waals surface area contributed by atoms with E-state index in [4.69, 9.17) is 11.6 Å². The normalized spacial score (nSPS) is 13.5. The molecule has 1 aromatic carbocycles. The Balaban J connectivity index is 1.43. The van der Waals surface area contributed by atoms with Crippen LogP contribution in [0.25, 0.3) is 11.3 Å². The SMILES string of the molecule is Cc1c(-c2ccnc(Nc3cccc(Cl)c3)n2)ccnc1NCCCN1CCCC1=O. The fraction of sp³-hybridized carbons (Fsp3) is 0.304. The van der Waals surface area contributed by atoms with Crippen LogP contribution in [0.2, 0.25) is 5.02 Å². The van der Waals surface area contributed by atoms with E-state index in [9.17, 15) is 4.79 Å². The summed E-state index contributed by atoms with van der Waals surface area (Å²) in [6.07, 6.45) is 6.06. The molecule has 1 fully saturated rings. The van der Waals surface area contributed by atoms with Gasteiger partial charge in [-0.05, 0) is 50.1 Å². The van der Waals surface area contributed by atoms with Crippen molar-refractivity contribution in [3.63, 3.8) is 0 Å². The zero-order chi connectivity index (χ0) is 21.6. The molecular formula is C23H25ClN6O. The molecule has 160 valence electrons. The molecule has 0 aliphatic carbocycles. The fourth-order valence-corrected chi connectivity index (χ4v) is 3.86. The van der Waals surface area contributed by atoms with Crippen molar-refractivity contribution < 1.29 is 4.79 Å². The van der Waals surface area contributed by atoms with Crippen molar-refractivity contribution in [2.75, 3.05) is 30.3 Å². The number of pyridine rings is 1. The Bertz CT molecular complexity index is 1070. The predicted octanol–water partition coefficient (Wildman–Crippen LogP) is 4.67. The summed E-state index contributed by atoms with van der Waals surface area (Å²) in [5.41, 5.74) is 3.65. The minimum atomic E-state index is 0.266. The summed E-state index contributed by atoms with van der Waals surface area (Å²) in [6.45, 7) is 4.45. The van der Waals surface area contributed by atoms with Gasteiger partial charge in [-0.3, -0.25) is 4.79 Å². The number of nitrogens with one attached hydrogen (secondary N) is 2. The topological polar surface area (TPSA) is 83.0 Å². The Hall–Kier alpha value is -3.19. The van der Waals surface area contributed by atoms with Crippen molar-refractivity contribution in [3.8, 4) is 11.3 Å². The molecule has 3 aromatic rings. The number of nitrogens with zero attached hydrogens (tertiary/aromatic N) is 4. The van der Waals surface area contributed by atoms with Gasteiger partial charge < -0.3 is 15.5 Å². The monoisotopic (exact) mass is 436 g/mol. The highest BCUT2D eigenvalue weighted by molar-refractivity contribution is 6.30. The Morgan fingerprint density at radius 1 is 1.16 bits per heavy atom. The molecule has 0 bridgehead atoms. The molecule has 7 nitrogen and oxygen atoms in total. The molecule has 31 heavy (non-hydrogen) atoms. The molecule has 1 aliphatic rings. The number of carbonyl (C=O) groups excluding carboxylic acids is 1. The van der Waals surface area contributed by atoms with Crippen LogP contribution in [0.5, 0.6) is 0 Å². The number of benzene rings is 1. The van der Waals surface area contributed by atoms with E-state index in [1.807, 2.05) is 48.2 Å². The molecule has 0 spiro atoms. The molecule has 1 saturated heterocycles. The van der Waals surface area contributed by atoms with E-state index in [1.165, 1.54) is 0 Å². The van der Waals surface area contributed by atoms with Crippen LogP contribution in [0.3, 0.4) is 0 Å². The number of likely N-dealkylation sites (tertiary alicyclic amines) is 1. The third-order valence-electron chi connectivity index (χ3n) is 5.28. The second kappa shape index (κ2) is 9.75. The number of aromatic nitrogens is 3. The summed E-state index contributed by atoms with van der Waals surface area (Å²) in [7, 11) is 0. The van der Waals surface area contributed by atoms with E-state index < -0.39 is 0 Å². The van der Waals surface area contributed by atoms with E-state index in [1.54, 1.807) is 12.4 Å². The lowest BCUT2D eigenvalue weighted by atomic mass is 10.1. The molecule has 0 unspecified atom stereocenters. The number of amides is 1. The van der Waals surface area contributed by atoms with Crippen LogP contribution >= 0.6 is 11.6 Å². The van der Waals surface area contributed by atoms with Gasteiger partial charge in [0.1, 0.15) is 5.82 Å². The van der Waals surface area contributed by atoms with Crippen LogP contribution in [0.4, 0.5) is 17.5 Å². The van der Waals surface area contributed by atoms with Gasteiger partial charge in [0.2, 0.25) is 11.9 Å². The lowest BCUT2D eigenvalue weighted by molar-refractivity contribution is -0.127. The lowest BCUT2D eigenvalue weighted by Gasteiger charge is -2.16. The minimum Gasteiger partial charge on any atom is -0.370 e. The Labute approximate surface area is 186 Å². The molecular weight excluding hydrogens is 412 g/mol. The first-order valence-electron chi connectivity index (χ1n) is 10.4. The second-order valence-corrected chi connectivity index (χ2v) is 7.93. The first-order valence-corrected chi connectivity index (χ1v) is 10.8. The van der Waals surface area contributed by atoms with E-state index >= 15 is 0 Å². The lowest BCUT2D eigenvalue weighted by Crippen LogP contribution is -2.27. The van der Waals surface area contributed by atoms with E-state index in [-0.39, 0.29) is 5.91 Å². The maximum atomic E-state index is 11.7. The van der Waals surface area contributed by atoms with Crippen LogP contribution in [-0.2, 0) is 4.79 Å². The highest BCUT2D eigenvalue weighted by Gasteiger charge is 2.19. The van der Waals surface area contributed by atoms with Gasteiger partial charge in [0, 0.05) is 60.3 Å². The van der Waals surface area contributed by atoms with Crippen LogP contribution in [0.15, 0.2) is 48.8 Å². The van der Waals surface area contributed by atoms with Crippen LogP contribution < -0.4 is 10.6 Å². The van der Waals surface area contributed by atoms with Gasteiger partial charge in [0.15, 0.2) is 0 Å². The smallest absolute Gasteiger partial charge is 0.227 e. The summed E-state index contributed by atoms with van der Waals surface area (Å²) < 4.78 is 0. The number of halogens is 1. The summed E-state index contributed by atoms with van der Waals surface area (Å²) >= 11 is 6.06. The fourth-order valence-electron chi connectivity index (χ4n) is 3.67. The Kier molecular flexibility index (Phi) is 6.62. The first-order chi connectivity index (χ1) is 15.1.